The molecule has 1 aliphatic rings. The van der Waals surface area contributed by atoms with E-state index in [0.717, 1.165) is 0 Å². The standard InChI is InChI=1S/C17H18ClFN2O2S/c18-12-4-6-14(7-5-12)24(22,23)16-15(17(16,9-20)10-21)11-2-1-3-13(19)8-11/h1-8,15-16H,9-10,20-21H2. The van der Waals surface area contributed by atoms with Gasteiger partial charge in [0.25, 0.3) is 0 Å². The molecule has 0 spiro atoms. The summed E-state index contributed by atoms with van der Waals surface area (Å²) in [6.45, 7) is 0.227. The fourth-order valence-corrected chi connectivity index (χ4v) is 6.09. The molecule has 24 heavy (non-hydrogen) atoms. The molecule has 3 rings (SSSR count). The molecular formula is C17H18ClFN2O2S. The Morgan fingerprint density at radius 2 is 1.71 bits per heavy atom. The van der Waals surface area contributed by atoms with Gasteiger partial charge in [0.05, 0.1) is 10.1 Å². The lowest BCUT2D eigenvalue weighted by Gasteiger charge is -2.13. The normalized spacial score (nSPS) is 22.3. The number of nitrogens with two attached hydrogens (primary N) is 2. The van der Waals surface area contributed by atoms with Gasteiger partial charge in [-0.05, 0) is 42.0 Å². The molecule has 1 fully saturated rings. The zero-order valence-electron chi connectivity index (χ0n) is 12.8. The van der Waals surface area contributed by atoms with Gasteiger partial charge in [0.15, 0.2) is 9.84 Å². The van der Waals surface area contributed by atoms with Gasteiger partial charge in [0.2, 0.25) is 0 Å². The first kappa shape index (κ1) is 17.4. The van der Waals surface area contributed by atoms with E-state index in [9.17, 15) is 12.8 Å². The fraction of sp³-hybridized carbons (Fsp3) is 0.294. The summed E-state index contributed by atoms with van der Waals surface area (Å²) in [6, 6.07) is 11.9. The van der Waals surface area contributed by atoms with Crippen LogP contribution in [0.2, 0.25) is 5.02 Å². The molecule has 0 aromatic heterocycles. The highest BCUT2D eigenvalue weighted by Crippen LogP contribution is 2.63. The second kappa shape index (κ2) is 6.11. The lowest BCUT2D eigenvalue weighted by molar-refractivity contribution is 0.509. The summed E-state index contributed by atoms with van der Waals surface area (Å²) in [5.74, 6) is -0.839. The van der Waals surface area contributed by atoms with Crippen molar-refractivity contribution in [2.45, 2.75) is 16.1 Å². The number of hydrogen-bond acceptors (Lipinski definition) is 4. The summed E-state index contributed by atoms with van der Waals surface area (Å²) in [7, 11) is -3.67. The summed E-state index contributed by atoms with van der Waals surface area (Å²) >= 11 is 5.83. The van der Waals surface area contributed by atoms with Crippen LogP contribution in [0.1, 0.15) is 11.5 Å². The second-order valence-electron chi connectivity index (χ2n) is 6.09. The molecule has 128 valence electrons. The highest BCUT2D eigenvalue weighted by molar-refractivity contribution is 7.92. The largest absolute Gasteiger partial charge is 0.330 e. The van der Waals surface area contributed by atoms with E-state index in [1.165, 1.54) is 36.4 Å². The van der Waals surface area contributed by atoms with Crippen LogP contribution in [0.4, 0.5) is 4.39 Å². The molecule has 2 atom stereocenters. The molecule has 0 saturated heterocycles. The van der Waals surface area contributed by atoms with Crippen LogP contribution in [0.3, 0.4) is 0 Å². The SMILES string of the molecule is NCC1(CN)C(c2cccc(F)c2)C1S(=O)(=O)c1ccc(Cl)cc1. The molecule has 2 aromatic carbocycles. The quantitative estimate of drug-likeness (QED) is 0.848. The minimum Gasteiger partial charge on any atom is -0.330 e. The lowest BCUT2D eigenvalue weighted by atomic mass is 9.99. The van der Waals surface area contributed by atoms with Gasteiger partial charge in [-0.15, -0.1) is 0 Å². The van der Waals surface area contributed by atoms with Crippen LogP contribution in [-0.4, -0.2) is 26.8 Å². The number of hydrogen-bond donors (Lipinski definition) is 2. The fourth-order valence-electron chi connectivity index (χ4n) is 3.49. The van der Waals surface area contributed by atoms with Gasteiger partial charge in [-0.1, -0.05) is 23.7 Å². The first-order valence-electron chi connectivity index (χ1n) is 7.52. The predicted molar refractivity (Wildman–Crippen MR) is 92.1 cm³/mol. The number of benzene rings is 2. The van der Waals surface area contributed by atoms with Crippen molar-refractivity contribution >= 4 is 21.4 Å². The number of sulfone groups is 1. The van der Waals surface area contributed by atoms with Crippen LogP contribution < -0.4 is 11.5 Å². The first-order chi connectivity index (χ1) is 11.4. The molecule has 1 aliphatic carbocycles. The molecule has 4 nitrogen and oxygen atoms in total. The molecule has 1 saturated carbocycles. The van der Waals surface area contributed by atoms with Gasteiger partial charge in [-0.2, -0.15) is 0 Å². The Labute approximate surface area is 145 Å². The van der Waals surface area contributed by atoms with Crippen molar-refractivity contribution in [3.63, 3.8) is 0 Å². The molecule has 0 amide bonds. The molecule has 7 heteroatoms. The first-order valence-corrected chi connectivity index (χ1v) is 9.44. The van der Waals surface area contributed by atoms with E-state index in [4.69, 9.17) is 23.1 Å². The maximum absolute atomic E-state index is 13.6. The van der Waals surface area contributed by atoms with Crippen LogP contribution in [0, 0.1) is 11.2 Å². The topological polar surface area (TPSA) is 86.2 Å². The Morgan fingerprint density at radius 3 is 2.25 bits per heavy atom. The molecule has 2 unspecified atom stereocenters. The maximum Gasteiger partial charge on any atom is 0.182 e. The third-order valence-corrected chi connectivity index (χ3v) is 7.42. The summed E-state index contributed by atoms with van der Waals surface area (Å²) in [5, 5.41) is -0.321. The molecule has 4 N–H and O–H groups in total. The lowest BCUT2D eigenvalue weighted by Crippen LogP contribution is -2.31. The average Bonchev–Trinajstić information content (AvgIpc) is 3.26. The van der Waals surface area contributed by atoms with Crippen LogP contribution in [0.15, 0.2) is 53.4 Å². The van der Waals surface area contributed by atoms with Crippen molar-refractivity contribution in [2.24, 2.45) is 16.9 Å². The smallest absolute Gasteiger partial charge is 0.182 e. The molecule has 0 aliphatic heterocycles. The van der Waals surface area contributed by atoms with Crippen molar-refractivity contribution in [2.75, 3.05) is 13.1 Å². The number of rotatable bonds is 5. The monoisotopic (exact) mass is 368 g/mol. The zero-order chi connectivity index (χ0) is 17.5. The maximum atomic E-state index is 13.6. The summed E-state index contributed by atoms with van der Waals surface area (Å²) < 4.78 is 39.7. The van der Waals surface area contributed by atoms with Crippen molar-refractivity contribution in [1.29, 1.82) is 0 Å². The summed E-state index contributed by atoms with van der Waals surface area (Å²) in [6.07, 6.45) is 0. The minimum absolute atomic E-state index is 0.113. The zero-order valence-corrected chi connectivity index (χ0v) is 14.4. The molecule has 0 bridgehead atoms. The van der Waals surface area contributed by atoms with Gasteiger partial charge in [0, 0.05) is 29.4 Å². The van der Waals surface area contributed by atoms with E-state index in [0.29, 0.717) is 10.6 Å². The Bertz CT molecular complexity index is 851. The third-order valence-electron chi connectivity index (χ3n) is 4.82. The summed E-state index contributed by atoms with van der Waals surface area (Å²) in [5.41, 5.74) is 11.6. The Hall–Kier alpha value is -1.47. The van der Waals surface area contributed by atoms with E-state index < -0.39 is 32.2 Å². The highest BCUT2D eigenvalue weighted by Gasteiger charge is 2.69. The van der Waals surface area contributed by atoms with Crippen LogP contribution in [0.5, 0.6) is 0 Å². The third kappa shape index (κ3) is 2.63. The van der Waals surface area contributed by atoms with Gasteiger partial charge in [-0.25, -0.2) is 12.8 Å². The molecule has 2 aromatic rings. The van der Waals surface area contributed by atoms with E-state index in [2.05, 4.69) is 0 Å². The van der Waals surface area contributed by atoms with E-state index in [1.54, 1.807) is 12.1 Å². The predicted octanol–water partition coefficient (Wildman–Crippen LogP) is 2.32. The second-order valence-corrected chi connectivity index (χ2v) is 8.60. The molecular weight excluding hydrogens is 351 g/mol. The van der Waals surface area contributed by atoms with Crippen molar-refractivity contribution in [3.05, 3.63) is 64.9 Å². The van der Waals surface area contributed by atoms with Crippen LogP contribution in [-0.2, 0) is 9.84 Å². The molecule has 0 radical (unpaired) electrons. The average molecular weight is 369 g/mol. The van der Waals surface area contributed by atoms with Gasteiger partial charge >= 0.3 is 0 Å². The summed E-state index contributed by atoms with van der Waals surface area (Å²) in [4.78, 5) is 0.169. The van der Waals surface area contributed by atoms with Crippen molar-refractivity contribution in [3.8, 4) is 0 Å². The Morgan fingerprint density at radius 1 is 1.08 bits per heavy atom. The minimum atomic E-state index is -3.67. The van der Waals surface area contributed by atoms with Gasteiger partial charge in [0.1, 0.15) is 5.82 Å². The van der Waals surface area contributed by atoms with Crippen molar-refractivity contribution < 1.29 is 12.8 Å². The number of halogens is 2. The van der Waals surface area contributed by atoms with Crippen LogP contribution in [0.25, 0.3) is 0 Å². The molecule has 0 heterocycles. The Balaban J connectivity index is 2.06. The van der Waals surface area contributed by atoms with Crippen molar-refractivity contribution in [1.82, 2.24) is 0 Å². The highest BCUT2D eigenvalue weighted by atomic mass is 35.5. The van der Waals surface area contributed by atoms with E-state index in [1.807, 2.05) is 0 Å². The van der Waals surface area contributed by atoms with Gasteiger partial charge < -0.3 is 11.5 Å². The van der Waals surface area contributed by atoms with E-state index in [-0.39, 0.29) is 18.0 Å². The van der Waals surface area contributed by atoms with Gasteiger partial charge in [-0.3, -0.25) is 0 Å². The Kier molecular flexibility index (Phi) is 4.42. The van der Waals surface area contributed by atoms with Crippen LogP contribution >= 0.6 is 11.6 Å². The van der Waals surface area contributed by atoms with E-state index >= 15 is 0 Å².